The van der Waals surface area contributed by atoms with Gasteiger partial charge >= 0.3 is 0 Å². The van der Waals surface area contributed by atoms with Crippen LogP contribution in [0.5, 0.6) is 0 Å². The molecule has 0 heterocycles. The summed E-state index contributed by atoms with van der Waals surface area (Å²) in [4.78, 5) is 8.84. The SMILES string of the molecule is C=CC(=O)C(C)(O)S. The van der Waals surface area contributed by atoms with E-state index in [1.54, 1.807) is 0 Å². The van der Waals surface area contributed by atoms with Crippen molar-refractivity contribution >= 4 is 18.4 Å². The van der Waals surface area contributed by atoms with Gasteiger partial charge in [0.1, 0.15) is 0 Å². The van der Waals surface area contributed by atoms with E-state index in [1.807, 2.05) is 0 Å². The highest BCUT2D eigenvalue weighted by atomic mass is 32.1. The molecule has 0 aliphatic carbocycles. The lowest BCUT2D eigenvalue weighted by atomic mass is 10.2. The lowest BCUT2D eigenvalue weighted by molar-refractivity contribution is -0.123. The number of thiol groups is 1. The van der Waals surface area contributed by atoms with Crippen LogP contribution in [0, 0.1) is 0 Å². The predicted molar refractivity (Wildman–Crippen MR) is 34.8 cm³/mol. The average molecular weight is 132 g/mol. The van der Waals surface area contributed by atoms with E-state index in [9.17, 15) is 4.79 Å². The molecule has 0 saturated carbocycles. The lowest BCUT2D eigenvalue weighted by Crippen LogP contribution is -2.25. The maximum atomic E-state index is 10.4. The smallest absolute Gasteiger partial charge is 0.196 e. The zero-order chi connectivity index (χ0) is 6.78. The summed E-state index contributed by atoms with van der Waals surface area (Å²) in [6.45, 7) is 4.46. The van der Waals surface area contributed by atoms with Crippen molar-refractivity contribution in [1.82, 2.24) is 0 Å². The second kappa shape index (κ2) is 2.33. The summed E-state index contributed by atoms with van der Waals surface area (Å²) < 4.78 is 0. The Bertz CT molecular complexity index is 112. The van der Waals surface area contributed by atoms with Gasteiger partial charge in [-0.25, -0.2) is 0 Å². The van der Waals surface area contributed by atoms with Crippen molar-refractivity contribution in [3.63, 3.8) is 0 Å². The van der Waals surface area contributed by atoms with Crippen LogP contribution in [-0.2, 0) is 4.79 Å². The molecule has 1 N–H and O–H groups in total. The molecule has 0 aliphatic heterocycles. The van der Waals surface area contributed by atoms with Crippen molar-refractivity contribution < 1.29 is 9.90 Å². The summed E-state index contributed by atoms with van der Waals surface area (Å²) >= 11 is 3.56. The average Bonchev–Trinajstić information content (AvgIpc) is 1.62. The first-order valence-corrected chi connectivity index (χ1v) is 2.55. The number of rotatable bonds is 2. The second-order valence-electron chi connectivity index (χ2n) is 1.59. The Balaban J connectivity index is 4.02. The quantitative estimate of drug-likeness (QED) is 0.324. The Morgan fingerprint density at radius 2 is 2.38 bits per heavy atom. The summed E-state index contributed by atoms with van der Waals surface area (Å²) in [6, 6.07) is 0. The van der Waals surface area contributed by atoms with Gasteiger partial charge in [-0.05, 0) is 13.0 Å². The molecule has 0 aromatic carbocycles. The monoisotopic (exact) mass is 132 g/mol. The first-order valence-electron chi connectivity index (χ1n) is 2.10. The van der Waals surface area contributed by atoms with Crippen LogP contribution in [0.25, 0.3) is 0 Å². The molecule has 0 bridgehead atoms. The van der Waals surface area contributed by atoms with E-state index in [1.165, 1.54) is 6.92 Å². The molecule has 1 unspecified atom stereocenters. The van der Waals surface area contributed by atoms with Crippen molar-refractivity contribution in [2.75, 3.05) is 0 Å². The first kappa shape index (κ1) is 7.72. The number of ketones is 1. The van der Waals surface area contributed by atoms with Crippen molar-refractivity contribution in [2.24, 2.45) is 0 Å². The van der Waals surface area contributed by atoms with Crippen LogP contribution < -0.4 is 0 Å². The zero-order valence-electron chi connectivity index (χ0n) is 4.59. The molecule has 0 saturated heterocycles. The highest BCUT2D eigenvalue weighted by Gasteiger charge is 2.20. The van der Waals surface area contributed by atoms with E-state index in [0.29, 0.717) is 0 Å². The van der Waals surface area contributed by atoms with Crippen LogP contribution in [0.15, 0.2) is 12.7 Å². The van der Waals surface area contributed by atoms with Crippen LogP contribution in [0.3, 0.4) is 0 Å². The van der Waals surface area contributed by atoms with Gasteiger partial charge in [-0.3, -0.25) is 4.79 Å². The fourth-order valence-electron chi connectivity index (χ4n) is 0.193. The third kappa shape index (κ3) is 2.14. The van der Waals surface area contributed by atoms with Crippen LogP contribution in [0.2, 0.25) is 0 Å². The molecular weight excluding hydrogens is 124 g/mol. The molecule has 0 amide bonds. The molecule has 0 spiro atoms. The summed E-state index contributed by atoms with van der Waals surface area (Å²) in [7, 11) is 0. The van der Waals surface area contributed by atoms with Crippen molar-refractivity contribution in [3.8, 4) is 0 Å². The molecule has 8 heavy (non-hydrogen) atoms. The molecule has 0 radical (unpaired) electrons. The van der Waals surface area contributed by atoms with Gasteiger partial charge in [-0.2, -0.15) is 0 Å². The van der Waals surface area contributed by atoms with E-state index in [2.05, 4.69) is 19.2 Å². The van der Waals surface area contributed by atoms with Gasteiger partial charge in [-0.15, -0.1) is 12.6 Å². The third-order valence-corrected chi connectivity index (χ3v) is 0.873. The van der Waals surface area contributed by atoms with E-state index < -0.39 is 10.7 Å². The van der Waals surface area contributed by atoms with E-state index in [0.717, 1.165) is 6.08 Å². The summed E-state index contributed by atoms with van der Waals surface area (Å²) in [5.74, 6) is -0.485. The Hall–Kier alpha value is -0.280. The first-order chi connectivity index (χ1) is 3.48. The molecule has 3 heteroatoms. The standard InChI is InChI=1S/C5H8O2S/c1-3-4(6)5(2,7)8/h3,7-8H,1H2,2H3. The molecule has 2 nitrogen and oxygen atoms in total. The van der Waals surface area contributed by atoms with Gasteiger partial charge in [0.2, 0.25) is 0 Å². The minimum Gasteiger partial charge on any atom is -0.372 e. The molecule has 1 atom stereocenters. The molecule has 0 aliphatic rings. The van der Waals surface area contributed by atoms with Gasteiger partial charge in [0.25, 0.3) is 0 Å². The van der Waals surface area contributed by atoms with Gasteiger partial charge in [-0.1, -0.05) is 6.58 Å². The summed E-state index contributed by atoms with van der Waals surface area (Å²) in [6.07, 6.45) is 1.03. The van der Waals surface area contributed by atoms with Crippen molar-refractivity contribution in [1.29, 1.82) is 0 Å². The second-order valence-corrected chi connectivity index (χ2v) is 2.46. The van der Waals surface area contributed by atoms with Crippen molar-refractivity contribution in [3.05, 3.63) is 12.7 Å². The summed E-state index contributed by atoms with van der Waals surface area (Å²) in [5.41, 5.74) is 0. The lowest BCUT2D eigenvalue weighted by Gasteiger charge is -2.09. The van der Waals surface area contributed by atoms with Crippen molar-refractivity contribution in [2.45, 2.75) is 11.9 Å². The van der Waals surface area contributed by atoms with Gasteiger partial charge in [0.05, 0.1) is 0 Å². The minimum atomic E-state index is -1.55. The Morgan fingerprint density at radius 1 is 2.00 bits per heavy atom. The van der Waals surface area contributed by atoms with Gasteiger partial charge in [0, 0.05) is 0 Å². The Kier molecular flexibility index (Phi) is 2.25. The Labute approximate surface area is 53.6 Å². The number of aliphatic hydroxyl groups is 1. The largest absolute Gasteiger partial charge is 0.372 e. The van der Waals surface area contributed by atoms with E-state index in [-0.39, 0.29) is 0 Å². The van der Waals surface area contributed by atoms with Crippen LogP contribution in [0.1, 0.15) is 6.92 Å². The molecule has 0 rings (SSSR count). The predicted octanol–water partition coefficient (Wildman–Crippen LogP) is 0.380. The maximum absolute atomic E-state index is 10.4. The number of carbonyl (C=O) groups excluding carboxylic acids is 1. The highest BCUT2D eigenvalue weighted by Crippen LogP contribution is 2.08. The highest BCUT2D eigenvalue weighted by molar-refractivity contribution is 7.82. The molecular formula is C5H8O2S. The van der Waals surface area contributed by atoms with E-state index in [4.69, 9.17) is 5.11 Å². The van der Waals surface area contributed by atoms with Crippen LogP contribution >= 0.6 is 12.6 Å². The van der Waals surface area contributed by atoms with Crippen LogP contribution in [0.4, 0.5) is 0 Å². The fourth-order valence-corrected chi connectivity index (χ4v) is 0.285. The third-order valence-electron chi connectivity index (χ3n) is 0.652. The van der Waals surface area contributed by atoms with Gasteiger partial charge < -0.3 is 5.11 Å². The molecule has 0 aromatic heterocycles. The zero-order valence-corrected chi connectivity index (χ0v) is 5.48. The number of hydrogen-bond donors (Lipinski definition) is 2. The topological polar surface area (TPSA) is 37.3 Å². The maximum Gasteiger partial charge on any atom is 0.196 e. The fraction of sp³-hybridized carbons (Fsp3) is 0.400. The minimum absolute atomic E-state index is 0.485. The van der Waals surface area contributed by atoms with Crippen LogP contribution in [-0.4, -0.2) is 15.8 Å². The molecule has 0 aromatic rings. The number of carbonyl (C=O) groups is 1. The summed E-state index contributed by atoms with van der Waals surface area (Å²) in [5, 5.41) is 8.73. The van der Waals surface area contributed by atoms with E-state index >= 15 is 0 Å². The number of hydrogen-bond acceptors (Lipinski definition) is 3. The van der Waals surface area contributed by atoms with Gasteiger partial charge in [0.15, 0.2) is 10.7 Å². The normalized spacial score (nSPS) is 16.9. The molecule has 46 valence electrons. The molecule has 0 fully saturated rings. The Morgan fingerprint density at radius 3 is 2.38 bits per heavy atom.